The molecule has 1 fully saturated rings. The van der Waals surface area contributed by atoms with Crippen molar-refractivity contribution in [3.05, 3.63) is 53.6 Å². The molecule has 1 saturated heterocycles. The first kappa shape index (κ1) is 27.2. The van der Waals surface area contributed by atoms with Gasteiger partial charge in [-0.3, -0.25) is 14.7 Å². The van der Waals surface area contributed by atoms with Gasteiger partial charge < -0.3 is 24.6 Å². The number of rotatable bonds is 6. The van der Waals surface area contributed by atoms with Crippen molar-refractivity contribution in [2.24, 2.45) is 5.92 Å². The summed E-state index contributed by atoms with van der Waals surface area (Å²) in [6.45, 7) is 6.10. The van der Waals surface area contributed by atoms with Crippen LogP contribution in [-0.4, -0.2) is 66.9 Å². The van der Waals surface area contributed by atoms with E-state index in [9.17, 15) is 14.0 Å². The summed E-state index contributed by atoms with van der Waals surface area (Å²) >= 11 is 0. The summed E-state index contributed by atoms with van der Waals surface area (Å²) in [7, 11) is 1.31. The molecule has 3 heterocycles. The first-order valence-electron chi connectivity index (χ1n) is 13.0. The third kappa shape index (κ3) is 6.54. The number of benzene rings is 1. The number of ether oxygens (including phenoxy) is 2. The van der Waals surface area contributed by atoms with Crippen LogP contribution in [0.3, 0.4) is 0 Å². The van der Waals surface area contributed by atoms with Crippen LogP contribution < -0.4 is 15.4 Å². The number of alkyl halides is 1. The second kappa shape index (κ2) is 12.6. The van der Waals surface area contributed by atoms with Crippen molar-refractivity contribution < 1.29 is 23.5 Å². The fourth-order valence-corrected chi connectivity index (χ4v) is 4.80. The number of carbonyl (C=O) groups is 2. The van der Waals surface area contributed by atoms with Gasteiger partial charge in [0.2, 0.25) is 0 Å². The fraction of sp³-hybridized carbons (Fsp3) is 0.464. The molecule has 3 amide bonds. The van der Waals surface area contributed by atoms with E-state index >= 15 is 0 Å². The van der Waals surface area contributed by atoms with E-state index < -0.39 is 6.09 Å². The maximum Gasteiger partial charge on any atom is 0.412 e. The number of nitrogens with zero attached hydrogens (tertiary/aromatic N) is 3. The number of hydrogen-bond acceptors (Lipinski definition) is 6. The molecule has 0 unspecified atom stereocenters. The molecule has 2 aliphatic rings. The van der Waals surface area contributed by atoms with Gasteiger partial charge in [-0.15, -0.1) is 0 Å². The third-order valence-corrected chi connectivity index (χ3v) is 7.11. The number of fused-ring (bicyclic) bond motifs is 1. The zero-order chi connectivity index (χ0) is 27.1. The number of allylic oxidation sites excluding steroid dienone is 1. The third-order valence-electron chi connectivity index (χ3n) is 7.11. The average molecular weight is 526 g/mol. The molecule has 9 nitrogen and oxygen atoms in total. The molecule has 2 N–H and O–H groups in total. The summed E-state index contributed by atoms with van der Waals surface area (Å²) < 4.78 is 23.4. The highest BCUT2D eigenvalue weighted by Crippen LogP contribution is 2.31. The fourth-order valence-electron chi connectivity index (χ4n) is 4.80. The Morgan fingerprint density at radius 3 is 2.68 bits per heavy atom. The predicted octanol–water partition coefficient (Wildman–Crippen LogP) is 5.07. The Kier molecular flexibility index (Phi) is 9.04. The first-order valence-corrected chi connectivity index (χ1v) is 13.0. The number of methoxy groups -OCH3 is 1. The van der Waals surface area contributed by atoms with Crippen molar-refractivity contribution in [1.82, 2.24) is 20.1 Å². The Bertz CT molecular complexity index is 1180. The number of carbonyl (C=O) groups excluding carboxylic acids is 2. The van der Waals surface area contributed by atoms with E-state index in [0.29, 0.717) is 50.9 Å². The van der Waals surface area contributed by atoms with Crippen molar-refractivity contribution in [1.29, 1.82) is 0 Å². The van der Waals surface area contributed by atoms with Gasteiger partial charge in [0.1, 0.15) is 18.2 Å². The predicted molar refractivity (Wildman–Crippen MR) is 144 cm³/mol. The van der Waals surface area contributed by atoms with E-state index in [2.05, 4.69) is 20.4 Å². The standard InChI is InChI=1S/C28H36FN5O4/c1-4-26(32-27(35)37-3)31-24-16-22(17-30-19(24)2)21-5-6-25-23(15-21)18-34(13-14-38-25)28(36)33-11-8-20(7-10-29)9-12-33/h4-6,15-17,20,31H,7-14,18H2,1-3H3,(H,32,35)/b26-4+. The first-order chi connectivity index (χ1) is 18.4. The van der Waals surface area contributed by atoms with Crippen molar-refractivity contribution in [3.8, 4) is 16.9 Å². The van der Waals surface area contributed by atoms with Crippen molar-refractivity contribution in [2.75, 3.05) is 45.3 Å². The van der Waals surface area contributed by atoms with Crippen LogP contribution >= 0.6 is 0 Å². The summed E-state index contributed by atoms with van der Waals surface area (Å²) in [5.74, 6) is 1.61. The maximum absolute atomic E-state index is 13.3. The average Bonchev–Trinajstić information content (AvgIpc) is 3.16. The highest BCUT2D eigenvalue weighted by Gasteiger charge is 2.28. The number of piperidine rings is 1. The number of amides is 3. The number of nitrogens with one attached hydrogen (secondary N) is 2. The molecule has 0 spiro atoms. The zero-order valence-corrected chi connectivity index (χ0v) is 22.3. The number of aromatic nitrogens is 1. The summed E-state index contributed by atoms with van der Waals surface area (Å²) in [5.41, 5.74) is 4.26. The van der Waals surface area contributed by atoms with Crippen LogP contribution in [-0.2, 0) is 11.3 Å². The van der Waals surface area contributed by atoms with E-state index in [0.717, 1.165) is 46.7 Å². The Balaban J connectivity index is 1.50. The monoisotopic (exact) mass is 525 g/mol. The summed E-state index contributed by atoms with van der Waals surface area (Å²) in [5, 5.41) is 5.83. The van der Waals surface area contributed by atoms with Crippen LogP contribution in [0.4, 0.5) is 19.7 Å². The number of likely N-dealkylation sites (tertiary alicyclic amines) is 1. The largest absolute Gasteiger partial charge is 0.491 e. The van der Waals surface area contributed by atoms with Crippen molar-refractivity contribution in [2.45, 2.75) is 39.7 Å². The Labute approximate surface area is 223 Å². The molecule has 38 heavy (non-hydrogen) atoms. The number of alkyl carbamates (subject to hydrolysis) is 1. The van der Waals surface area contributed by atoms with Gasteiger partial charge in [0.15, 0.2) is 0 Å². The van der Waals surface area contributed by atoms with Gasteiger partial charge in [-0.2, -0.15) is 0 Å². The molecule has 1 aromatic heterocycles. The number of anilines is 1. The van der Waals surface area contributed by atoms with Gasteiger partial charge in [0.05, 0.1) is 38.3 Å². The summed E-state index contributed by atoms with van der Waals surface area (Å²) in [6, 6.07) is 7.92. The SMILES string of the molecule is C/C=C(/NC(=O)OC)Nc1cc(-c2ccc3c(c2)CN(C(=O)N2CCC(CCF)CC2)CCO3)cnc1C. The molecule has 0 bridgehead atoms. The number of halogens is 1. The lowest BCUT2D eigenvalue weighted by Crippen LogP contribution is -2.47. The molecular formula is C28H36FN5O4. The molecule has 4 rings (SSSR count). The Morgan fingerprint density at radius 1 is 1.18 bits per heavy atom. The smallest absolute Gasteiger partial charge is 0.412 e. The second-order valence-corrected chi connectivity index (χ2v) is 9.58. The number of hydrogen-bond donors (Lipinski definition) is 2. The van der Waals surface area contributed by atoms with E-state index in [1.165, 1.54) is 7.11 Å². The molecule has 0 atom stereocenters. The lowest BCUT2D eigenvalue weighted by Gasteiger charge is -2.35. The van der Waals surface area contributed by atoms with E-state index in [-0.39, 0.29) is 12.7 Å². The Morgan fingerprint density at radius 2 is 1.97 bits per heavy atom. The molecule has 204 valence electrons. The van der Waals surface area contributed by atoms with Gasteiger partial charge in [-0.05, 0) is 68.9 Å². The van der Waals surface area contributed by atoms with Crippen molar-refractivity contribution in [3.63, 3.8) is 0 Å². The van der Waals surface area contributed by atoms with Crippen LogP contribution in [0.15, 0.2) is 42.4 Å². The minimum atomic E-state index is -0.568. The van der Waals surface area contributed by atoms with Gasteiger partial charge in [0.25, 0.3) is 0 Å². The number of urea groups is 1. The van der Waals surface area contributed by atoms with Crippen LogP contribution in [0.5, 0.6) is 5.75 Å². The number of pyridine rings is 1. The molecule has 2 aliphatic heterocycles. The second-order valence-electron chi connectivity index (χ2n) is 9.58. The normalized spacial score (nSPS) is 16.3. The molecule has 0 saturated carbocycles. The minimum Gasteiger partial charge on any atom is -0.491 e. The minimum absolute atomic E-state index is 0.00558. The lowest BCUT2D eigenvalue weighted by atomic mass is 9.94. The quantitative estimate of drug-likeness (QED) is 0.547. The van der Waals surface area contributed by atoms with Gasteiger partial charge in [0, 0.05) is 30.4 Å². The van der Waals surface area contributed by atoms with E-state index in [4.69, 9.17) is 4.74 Å². The zero-order valence-electron chi connectivity index (χ0n) is 22.3. The maximum atomic E-state index is 13.3. The van der Waals surface area contributed by atoms with Crippen LogP contribution in [0.1, 0.15) is 37.4 Å². The van der Waals surface area contributed by atoms with E-state index in [1.54, 1.807) is 19.2 Å². The molecule has 0 radical (unpaired) electrons. The van der Waals surface area contributed by atoms with Crippen LogP contribution in [0, 0.1) is 12.8 Å². The molecule has 1 aromatic carbocycles. The van der Waals surface area contributed by atoms with Gasteiger partial charge in [-0.1, -0.05) is 6.07 Å². The lowest BCUT2D eigenvalue weighted by molar-refractivity contribution is 0.124. The molecular weight excluding hydrogens is 489 g/mol. The molecule has 10 heteroatoms. The summed E-state index contributed by atoms with van der Waals surface area (Å²) in [4.78, 5) is 33.2. The highest BCUT2D eigenvalue weighted by molar-refractivity contribution is 5.76. The highest BCUT2D eigenvalue weighted by atomic mass is 19.1. The van der Waals surface area contributed by atoms with Crippen LogP contribution in [0.2, 0.25) is 0 Å². The van der Waals surface area contributed by atoms with Crippen molar-refractivity contribution >= 4 is 17.8 Å². The Hall–Kier alpha value is -3.82. The topological polar surface area (TPSA) is 96.0 Å². The van der Waals surface area contributed by atoms with E-state index in [1.807, 2.05) is 41.0 Å². The molecule has 2 aromatic rings. The van der Waals surface area contributed by atoms with Gasteiger partial charge in [-0.25, -0.2) is 9.59 Å². The summed E-state index contributed by atoms with van der Waals surface area (Å²) in [6.07, 6.45) is 5.24. The van der Waals surface area contributed by atoms with Gasteiger partial charge >= 0.3 is 12.1 Å². The number of aryl methyl sites for hydroxylation is 1. The van der Waals surface area contributed by atoms with Crippen LogP contribution in [0.25, 0.3) is 11.1 Å². The molecule has 0 aliphatic carbocycles.